The van der Waals surface area contributed by atoms with Crippen LogP contribution in [-0.2, 0) is 19.1 Å². The molecule has 0 aromatic heterocycles. The SMILES string of the molecule is CC(C)N(CC(C)(C)N(CCOCCC(=O)N(C)C)C(=O)C(C)(N)CC(C)(C)C)C(=O)C(C)(N)CC(C)(C)C. The van der Waals surface area contributed by atoms with Crippen LogP contribution in [-0.4, -0.2) is 95.5 Å². The standard InChI is InChI=1S/C30H61N5O4/c1-22(2)34(24(37)29(11,31)19-26(3,4)5)21-28(9,10)35(16-18-39-17-15-23(36)33(13)14)25(38)30(12,32)20-27(6,7)8/h22H,15-21,31-32H2,1-14H3. The molecule has 0 aromatic carbocycles. The van der Waals surface area contributed by atoms with Gasteiger partial charge in [-0.25, -0.2) is 0 Å². The van der Waals surface area contributed by atoms with Crippen molar-refractivity contribution in [3.8, 4) is 0 Å². The zero-order chi connectivity index (χ0) is 31.2. The Morgan fingerprint density at radius 1 is 0.744 bits per heavy atom. The second-order valence-electron chi connectivity index (χ2n) is 15.3. The van der Waals surface area contributed by atoms with E-state index >= 15 is 0 Å². The van der Waals surface area contributed by atoms with E-state index in [1.807, 2.05) is 27.7 Å². The van der Waals surface area contributed by atoms with Crippen LogP contribution >= 0.6 is 0 Å². The van der Waals surface area contributed by atoms with E-state index in [0.717, 1.165) is 0 Å². The van der Waals surface area contributed by atoms with E-state index < -0.39 is 16.6 Å². The molecule has 9 heteroatoms. The summed E-state index contributed by atoms with van der Waals surface area (Å²) < 4.78 is 5.77. The third-order valence-electron chi connectivity index (χ3n) is 6.61. The van der Waals surface area contributed by atoms with Crippen LogP contribution in [0.25, 0.3) is 0 Å². The van der Waals surface area contributed by atoms with Crippen molar-refractivity contribution >= 4 is 17.7 Å². The molecule has 0 radical (unpaired) electrons. The molecule has 0 bridgehead atoms. The van der Waals surface area contributed by atoms with Gasteiger partial charge in [0.1, 0.15) is 0 Å². The fourth-order valence-electron chi connectivity index (χ4n) is 5.30. The highest BCUT2D eigenvalue weighted by molar-refractivity contribution is 5.87. The first-order valence-corrected chi connectivity index (χ1v) is 14.2. The summed E-state index contributed by atoms with van der Waals surface area (Å²) in [5.74, 6) is -0.359. The summed E-state index contributed by atoms with van der Waals surface area (Å²) >= 11 is 0. The first-order valence-electron chi connectivity index (χ1n) is 14.2. The number of nitrogens with zero attached hydrogens (tertiary/aromatic N) is 3. The summed E-state index contributed by atoms with van der Waals surface area (Å²) in [6.07, 6.45) is 1.28. The van der Waals surface area contributed by atoms with E-state index in [1.54, 1.807) is 37.7 Å². The number of hydrogen-bond donors (Lipinski definition) is 2. The van der Waals surface area contributed by atoms with Crippen LogP contribution in [0.2, 0.25) is 0 Å². The lowest BCUT2D eigenvalue weighted by molar-refractivity contribution is -0.150. The molecule has 3 amide bonds. The fraction of sp³-hybridized carbons (Fsp3) is 0.900. The van der Waals surface area contributed by atoms with Crippen molar-refractivity contribution in [1.29, 1.82) is 0 Å². The zero-order valence-corrected chi connectivity index (χ0v) is 27.7. The highest BCUT2D eigenvalue weighted by Crippen LogP contribution is 2.31. The minimum Gasteiger partial charge on any atom is -0.379 e. The summed E-state index contributed by atoms with van der Waals surface area (Å²) in [4.78, 5) is 44.7. The Hall–Kier alpha value is -1.71. The van der Waals surface area contributed by atoms with Gasteiger partial charge in [0.2, 0.25) is 17.7 Å². The molecule has 0 saturated carbocycles. The molecule has 0 aliphatic heterocycles. The molecule has 9 nitrogen and oxygen atoms in total. The lowest BCUT2D eigenvalue weighted by Gasteiger charge is -2.47. The van der Waals surface area contributed by atoms with Gasteiger partial charge in [0, 0.05) is 33.2 Å². The molecule has 230 valence electrons. The van der Waals surface area contributed by atoms with Gasteiger partial charge in [-0.1, -0.05) is 41.5 Å². The molecule has 0 aromatic rings. The van der Waals surface area contributed by atoms with Gasteiger partial charge in [0.25, 0.3) is 0 Å². The molecular formula is C30H61N5O4. The predicted molar refractivity (Wildman–Crippen MR) is 160 cm³/mol. The van der Waals surface area contributed by atoms with Crippen molar-refractivity contribution in [3.63, 3.8) is 0 Å². The van der Waals surface area contributed by atoms with Gasteiger partial charge >= 0.3 is 0 Å². The van der Waals surface area contributed by atoms with Crippen LogP contribution in [0.3, 0.4) is 0 Å². The average molecular weight is 556 g/mol. The maximum absolute atomic E-state index is 14.0. The Morgan fingerprint density at radius 2 is 1.18 bits per heavy atom. The largest absolute Gasteiger partial charge is 0.379 e. The number of carbonyl (C=O) groups excluding carboxylic acids is 3. The first-order chi connectivity index (χ1) is 17.2. The molecule has 4 N–H and O–H groups in total. The Labute approximate surface area is 239 Å². The van der Waals surface area contributed by atoms with Crippen LogP contribution in [0.4, 0.5) is 0 Å². The second-order valence-corrected chi connectivity index (χ2v) is 15.3. The van der Waals surface area contributed by atoms with Crippen LogP contribution in [0.1, 0.15) is 102 Å². The summed E-state index contributed by atoms with van der Waals surface area (Å²) in [6.45, 7) is 24.8. The molecule has 0 aliphatic rings. The monoisotopic (exact) mass is 555 g/mol. The summed E-state index contributed by atoms with van der Waals surface area (Å²) in [7, 11) is 3.41. The number of hydrogen-bond acceptors (Lipinski definition) is 6. The Morgan fingerprint density at radius 3 is 1.56 bits per heavy atom. The van der Waals surface area contributed by atoms with Gasteiger partial charge in [0.15, 0.2) is 0 Å². The number of rotatable bonds is 14. The Balaban J connectivity index is 6.10. The van der Waals surface area contributed by atoms with Gasteiger partial charge in [0.05, 0.1) is 36.3 Å². The smallest absolute Gasteiger partial charge is 0.242 e. The van der Waals surface area contributed by atoms with Crippen molar-refractivity contribution in [1.82, 2.24) is 14.7 Å². The van der Waals surface area contributed by atoms with Crippen LogP contribution < -0.4 is 11.5 Å². The summed E-state index contributed by atoms with van der Waals surface area (Å²) in [5, 5.41) is 0. The molecule has 39 heavy (non-hydrogen) atoms. The van der Waals surface area contributed by atoms with E-state index in [1.165, 1.54) is 4.90 Å². The molecule has 2 atom stereocenters. The molecular weight excluding hydrogens is 494 g/mol. The summed E-state index contributed by atoms with van der Waals surface area (Å²) in [5.41, 5.74) is 10.0. The van der Waals surface area contributed by atoms with E-state index in [2.05, 4.69) is 41.5 Å². The first kappa shape index (κ1) is 37.3. The van der Waals surface area contributed by atoms with Gasteiger partial charge in [-0.15, -0.1) is 0 Å². The van der Waals surface area contributed by atoms with E-state index in [4.69, 9.17) is 16.2 Å². The van der Waals surface area contributed by atoms with Gasteiger partial charge < -0.3 is 30.9 Å². The van der Waals surface area contributed by atoms with Crippen molar-refractivity contribution in [2.45, 2.75) is 125 Å². The molecule has 0 fully saturated rings. The van der Waals surface area contributed by atoms with Gasteiger partial charge in [-0.3, -0.25) is 14.4 Å². The van der Waals surface area contributed by atoms with Gasteiger partial charge in [-0.2, -0.15) is 0 Å². The number of amides is 3. The fourth-order valence-corrected chi connectivity index (χ4v) is 5.30. The van der Waals surface area contributed by atoms with E-state index in [9.17, 15) is 14.4 Å². The third-order valence-corrected chi connectivity index (χ3v) is 6.61. The van der Waals surface area contributed by atoms with Crippen LogP contribution in [0.5, 0.6) is 0 Å². The van der Waals surface area contributed by atoms with Crippen LogP contribution in [0.15, 0.2) is 0 Å². The second kappa shape index (κ2) is 13.8. The van der Waals surface area contributed by atoms with Crippen molar-refractivity contribution in [2.75, 3.05) is 40.4 Å². The normalized spacial score (nSPS) is 15.9. The Bertz CT molecular complexity index is 820. The third kappa shape index (κ3) is 13.0. The Kier molecular flexibility index (Phi) is 13.2. The molecule has 0 aliphatic carbocycles. The van der Waals surface area contributed by atoms with Crippen molar-refractivity contribution < 1.29 is 19.1 Å². The maximum atomic E-state index is 14.0. The zero-order valence-electron chi connectivity index (χ0n) is 27.7. The van der Waals surface area contributed by atoms with Gasteiger partial charge in [-0.05, 0) is 65.2 Å². The van der Waals surface area contributed by atoms with Crippen LogP contribution in [0, 0.1) is 10.8 Å². The van der Waals surface area contributed by atoms with E-state index in [0.29, 0.717) is 12.8 Å². The molecule has 0 heterocycles. The maximum Gasteiger partial charge on any atom is 0.242 e. The molecule has 0 rings (SSSR count). The molecule has 0 saturated heterocycles. The minimum absolute atomic E-state index is 0.0193. The lowest BCUT2D eigenvalue weighted by Crippen LogP contribution is -2.65. The number of ether oxygens (including phenoxy) is 1. The molecule has 2 unspecified atom stereocenters. The number of nitrogens with two attached hydrogens (primary N) is 2. The van der Waals surface area contributed by atoms with Crippen molar-refractivity contribution in [2.24, 2.45) is 22.3 Å². The van der Waals surface area contributed by atoms with E-state index in [-0.39, 0.29) is 67.3 Å². The highest BCUT2D eigenvalue weighted by atomic mass is 16.5. The van der Waals surface area contributed by atoms with Crippen molar-refractivity contribution in [3.05, 3.63) is 0 Å². The quantitative estimate of drug-likeness (QED) is 0.316. The molecule has 0 spiro atoms. The highest BCUT2D eigenvalue weighted by Gasteiger charge is 2.44. The minimum atomic E-state index is -1.11. The average Bonchev–Trinajstić information content (AvgIpc) is 2.69. The number of carbonyl (C=O) groups is 3. The predicted octanol–water partition coefficient (Wildman–Crippen LogP) is 3.63. The lowest BCUT2D eigenvalue weighted by atomic mass is 9.79. The topological polar surface area (TPSA) is 122 Å². The summed E-state index contributed by atoms with van der Waals surface area (Å²) in [6, 6.07) is -0.122.